The van der Waals surface area contributed by atoms with Gasteiger partial charge in [-0.15, -0.1) is 0 Å². The molecule has 0 unspecified atom stereocenters. The molecular formula is C26H29NO3. The van der Waals surface area contributed by atoms with E-state index in [1.807, 2.05) is 6.92 Å². The first-order valence-corrected chi connectivity index (χ1v) is 10.7. The number of nitrogens with zero attached hydrogens (tertiary/aromatic N) is 1. The van der Waals surface area contributed by atoms with E-state index in [0.29, 0.717) is 29.7 Å². The lowest BCUT2D eigenvalue weighted by Crippen LogP contribution is -2.34. The summed E-state index contributed by atoms with van der Waals surface area (Å²) in [6.07, 6.45) is 4.32. The minimum Gasteiger partial charge on any atom is -0.299 e. The maximum Gasteiger partial charge on any atom is 0.211 e. The molecule has 2 aliphatic carbocycles. The lowest BCUT2D eigenvalue weighted by atomic mass is 9.62. The molecule has 2 aliphatic rings. The largest absolute Gasteiger partial charge is 0.299 e. The first kappa shape index (κ1) is 20.6. The number of hydrogen-bond donors (Lipinski definition) is 0. The van der Waals surface area contributed by atoms with E-state index in [1.165, 1.54) is 17.3 Å². The van der Waals surface area contributed by atoms with Crippen molar-refractivity contribution in [3.05, 3.63) is 64.0 Å². The molecule has 0 bridgehead atoms. The molecule has 1 aromatic heterocycles. The third kappa shape index (κ3) is 3.32. The summed E-state index contributed by atoms with van der Waals surface area (Å²) in [5.41, 5.74) is 5.24. The van der Waals surface area contributed by atoms with Crippen molar-refractivity contribution in [1.82, 2.24) is 4.98 Å². The molecule has 1 saturated carbocycles. The second-order valence-electron chi connectivity index (χ2n) is 10.2. The number of carbonyl (C=O) groups excluding carboxylic acids is 3. The second kappa shape index (κ2) is 6.97. The van der Waals surface area contributed by atoms with Gasteiger partial charge in [-0.3, -0.25) is 19.4 Å². The number of rotatable bonds is 3. The van der Waals surface area contributed by atoms with Crippen LogP contribution in [0.5, 0.6) is 0 Å². The standard InChI is InChI=1S/C26H29NO3/c1-15-12-18-19(26(4,5)11-10-25(18,2)3)13-17(15)24(30)20-7-6-16(14-27-20)23-21(28)8-9-22(23)29/h6-7,12-14,23H,8-11H2,1-5H3. The van der Waals surface area contributed by atoms with Crippen molar-refractivity contribution in [3.63, 3.8) is 0 Å². The fourth-order valence-corrected chi connectivity index (χ4v) is 4.90. The van der Waals surface area contributed by atoms with Crippen LogP contribution in [0.25, 0.3) is 0 Å². The quantitative estimate of drug-likeness (QED) is 0.535. The molecule has 0 radical (unpaired) electrons. The van der Waals surface area contributed by atoms with Crippen LogP contribution in [-0.4, -0.2) is 22.3 Å². The lowest BCUT2D eigenvalue weighted by Gasteiger charge is -2.42. The first-order valence-electron chi connectivity index (χ1n) is 10.7. The number of Topliss-reactive ketones (excluding diaryl/α,β-unsaturated/α-hetero) is 2. The summed E-state index contributed by atoms with van der Waals surface area (Å²) < 4.78 is 0. The van der Waals surface area contributed by atoms with Crippen LogP contribution in [0.2, 0.25) is 0 Å². The topological polar surface area (TPSA) is 64.1 Å². The first-order chi connectivity index (χ1) is 14.0. The van der Waals surface area contributed by atoms with Gasteiger partial charge in [-0.25, -0.2) is 0 Å². The Bertz CT molecular complexity index is 1040. The molecule has 1 aromatic carbocycles. The van der Waals surface area contributed by atoms with Gasteiger partial charge in [0, 0.05) is 24.6 Å². The molecule has 1 heterocycles. The molecule has 1 fully saturated rings. The number of ketones is 3. The van der Waals surface area contributed by atoms with Crippen molar-refractivity contribution in [1.29, 1.82) is 0 Å². The van der Waals surface area contributed by atoms with Crippen molar-refractivity contribution >= 4 is 17.3 Å². The van der Waals surface area contributed by atoms with Gasteiger partial charge in [0.2, 0.25) is 5.78 Å². The molecule has 4 rings (SSSR count). The lowest BCUT2D eigenvalue weighted by molar-refractivity contribution is -0.123. The molecule has 0 amide bonds. The molecule has 0 N–H and O–H groups in total. The van der Waals surface area contributed by atoms with E-state index < -0.39 is 5.92 Å². The van der Waals surface area contributed by atoms with Gasteiger partial charge < -0.3 is 0 Å². The summed E-state index contributed by atoms with van der Waals surface area (Å²) in [4.78, 5) is 41.6. The third-order valence-corrected chi connectivity index (χ3v) is 7.06. The van der Waals surface area contributed by atoms with Crippen LogP contribution in [0, 0.1) is 6.92 Å². The molecule has 0 spiro atoms. The van der Waals surface area contributed by atoms with Crippen molar-refractivity contribution in [2.24, 2.45) is 0 Å². The minimum atomic E-state index is -0.713. The molecule has 156 valence electrons. The molecular weight excluding hydrogens is 374 g/mol. The van der Waals surface area contributed by atoms with E-state index >= 15 is 0 Å². The summed E-state index contributed by atoms with van der Waals surface area (Å²) in [7, 11) is 0. The van der Waals surface area contributed by atoms with Crippen LogP contribution in [-0.2, 0) is 20.4 Å². The Labute approximate surface area is 178 Å². The zero-order chi connectivity index (χ0) is 21.8. The fourth-order valence-electron chi connectivity index (χ4n) is 4.90. The summed E-state index contributed by atoms with van der Waals surface area (Å²) in [5, 5.41) is 0. The van der Waals surface area contributed by atoms with Crippen LogP contribution in [0.1, 0.15) is 97.6 Å². The minimum absolute atomic E-state index is 0.0219. The Hall–Kier alpha value is -2.62. The smallest absolute Gasteiger partial charge is 0.211 e. The zero-order valence-corrected chi connectivity index (χ0v) is 18.5. The number of aromatic nitrogens is 1. The molecule has 4 nitrogen and oxygen atoms in total. The zero-order valence-electron chi connectivity index (χ0n) is 18.5. The van der Waals surface area contributed by atoms with Gasteiger partial charge in [-0.2, -0.15) is 0 Å². The summed E-state index contributed by atoms with van der Waals surface area (Å²) in [6.45, 7) is 11.0. The molecule has 30 heavy (non-hydrogen) atoms. The maximum atomic E-state index is 13.3. The van der Waals surface area contributed by atoms with E-state index in [0.717, 1.165) is 18.4 Å². The van der Waals surface area contributed by atoms with E-state index in [-0.39, 0.29) is 28.2 Å². The predicted octanol–water partition coefficient (Wildman–Crippen LogP) is 4.99. The number of fused-ring (bicyclic) bond motifs is 1. The van der Waals surface area contributed by atoms with Gasteiger partial charge >= 0.3 is 0 Å². The molecule has 0 saturated heterocycles. The number of aryl methyl sites for hydroxylation is 1. The van der Waals surface area contributed by atoms with E-state index in [2.05, 4.69) is 44.8 Å². The highest BCUT2D eigenvalue weighted by atomic mass is 16.2. The molecule has 0 aliphatic heterocycles. The molecule has 0 atom stereocenters. The van der Waals surface area contributed by atoms with Crippen LogP contribution in [0.3, 0.4) is 0 Å². The van der Waals surface area contributed by atoms with E-state index in [9.17, 15) is 14.4 Å². The monoisotopic (exact) mass is 403 g/mol. The second-order valence-corrected chi connectivity index (χ2v) is 10.2. The van der Waals surface area contributed by atoms with Gasteiger partial charge in [-0.1, -0.05) is 39.8 Å². The van der Waals surface area contributed by atoms with E-state index in [1.54, 1.807) is 12.1 Å². The van der Waals surface area contributed by atoms with Crippen molar-refractivity contribution in [3.8, 4) is 0 Å². The van der Waals surface area contributed by atoms with Crippen LogP contribution < -0.4 is 0 Å². The number of carbonyl (C=O) groups is 3. The average molecular weight is 404 g/mol. The normalized spacial score (nSPS) is 20.3. The average Bonchev–Trinajstić information content (AvgIpc) is 3.03. The number of hydrogen-bond acceptors (Lipinski definition) is 4. The highest BCUT2D eigenvalue weighted by Gasteiger charge is 2.38. The SMILES string of the molecule is Cc1cc2c(cc1C(=O)c1ccc(C3C(=O)CCC3=O)cn1)C(C)(C)CCC2(C)C. The predicted molar refractivity (Wildman–Crippen MR) is 116 cm³/mol. The van der Waals surface area contributed by atoms with Gasteiger partial charge in [0.05, 0.1) is 0 Å². The van der Waals surface area contributed by atoms with Crippen LogP contribution >= 0.6 is 0 Å². The van der Waals surface area contributed by atoms with Gasteiger partial charge in [-0.05, 0) is 65.0 Å². The van der Waals surface area contributed by atoms with Crippen LogP contribution in [0.4, 0.5) is 0 Å². The van der Waals surface area contributed by atoms with Crippen molar-refractivity contribution in [2.45, 2.75) is 77.0 Å². The maximum absolute atomic E-state index is 13.3. The Morgan fingerprint density at radius 3 is 2.03 bits per heavy atom. The molecule has 2 aromatic rings. The highest BCUT2D eigenvalue weighted by molar-refractivity contribution is 6.13. The third-order valence-electron chi connectivity index (χ3n) is 7.06. The van der Waals surface area contributed by atoms with Gasteiger partial charge in [0.15, 0.2) is 0 Å². The van der Waals surface area contributed by atoms with Crippen LogP contribution in [0.15, 0.2) is 30.5 Å². The Morgan fingerprint density at radius 1 is 0.933 bits per heavy atom. The van der Waals surface area contributed by atoms with Crippen molar-refractivity contribution in [2.75, 3.05) is 0 Å². The Kier molecular flexibility index (Phi) is 4.80. The Balaban J connectivity index is 1.70. The Morgan fingerprint density at radius 2 is 1.50 bits per heavy atom. The van der Waals surface area contributed by atoms with E-state index in [4.69, 9.17) is 0 Å². The number of pyridine rings is 1. The number of benzene rings is 1. The fraction of sp³-hybridized carbons (Fsp3) is 0.462. The summed E-state index contributed by atoms with van der Waals surface area (Å²) in [5.74, 6) is -0.951. The highest BCUT2D eigenvalue weighted by Crippen LogP contribution is 2.46. The van der Waals surface area contributed by atoms with Gasteiger partial charge in [0.25, 0.3) is 0 Å². The summed E-state index contributed by atoms with van der Waals surface area (Å²) >= 11 is 0. The van der Waals surface area contributed by atoms with Gasteiger partial charge in [0.1, 0.15) is 23.2 Å². The van der Waals surface area contributed by atoms with Crippen molar-refractivity contribution < 1.29 is 14.4 Å². The molecule has 4 heteroatoms. The summed E-state index contributed by atoms with van der Waals surface area (Å²) in [6, 6.07) is 7.58.